The standard InChI is InChI=1S/C12H16N4O4S/c1-15(2)21(19,20)13-7-8-16-10-6-4-3-5-9(10)14-11(17)12(16)18/h3-6,13H,7-8H2,1-2H3,(H,14,17). The molecule has 0 amide bonds. The van der Waals surface area contributed by atoms with Gasteiger partial charge in [-0.15, -0.1) is 0 Å². The normalized spacial score (nSPS) is 12.1. The number of aromatic amines is 1. The van der Waals surface area contributed by atoms with Crippen molar-refractivity contribution in [3.8, 4) is 0 Å². The van der Waals surface area contributed by atoms with Gasteiger partial charge in [-0.05, 0) is 12.1 Å². The fourth-order valence-corrected chi connectivity index (χ4v) is 2.47. The van der Waals surface area contributed by atoms with Crippen LogP contribution in [0, 0.1) is 0 Å². The zero-order valence-corrected chi connectivity index (χ0v) is 12.5. The molecule has 2 rings (SSSR count). The Balaban J connectivity index is 2.33. The average molecular weight is 312 g/mol. The van der Waals surface area contributed by atoms with Crippen LogP contribution in [0.4, 0.5) is 0 Å². The molecule has 0 aliphatic rings. The molecule has 2 aromatic rings. The number of aromatic nitrogens is 2. The van der Waals surface area contributed by atoms with Gasteiger partial charge in [0, 0.05) is 27.2 Å². The molecule has 0 spiro atoms. The third-order valence-electron chi connectivity index (χ3n) is 2.98. The monoisotopic (exact) mass is 312 g/mol. The Morgan fingerprint density at radius 3 is 2.57 bits per heavy atom. The zero-order chi connectivity index (χ0) is 15.6. The molecular weight excluding hydrogens is 296 g/mol. The Hall–Kier alpha value is -1.97. The van der Waals surface area contributed by atoms with E-state index in [4.69, 9.17) is 0 Å². The Labute approximate surface area is 121 Å². The summed E-state index contributed by atoms with van der Waals surface area (Å²) in [6.07, 6.45) is 0. The van der Waals surface area contributed by atoms with Gasteiger partial charge in [0.05, 0.1) is 11.0 Å². The molecule has 0 atom stereocenters. The summed E-state index contributed by atoms with van der Waals surface area (Å²) in [4.78, 5) is 26.0. The van der Waals surface area contributed by atoms with Crippen LogP contribution in [0.2, 0.25) is 0 Å². The largest absolute Gasteiger partial charge is 0.316 e. The van der Waals surface area contributed by atoms with Crippen molar-refractivity contribution in [1.29, 1.82) is 0 Å². The minimum Gasteiger partial charge on any atom is -0.316 e. The van der Waals surface area contributed by atoms with E-state index in [2.05, 4.69) is 9.71 Å². The van der Waals surface area contributed by atoms with E-state index in [-0.39, 0.29) is 13.1 Å². The average Bonchev–Trinajstić information content (AvgIpc) is 2.42. The van der Waals surface area contributed by atoms with E-state index in [0.717, 1.165) is 4.31 Å². The van der Waals surface area contributed by atoms with Crippen LogP contribution < -0.4 is 15.8 Å². The van der Waals surface area contributed by atoms with Crippen molar-refractivity contribution in [2.24, 2.45) is 0 Å². The van der Waals surface area contributed by atoms with E-state index < -0.39 is 21.3 Å². The molecule has 0 unspecified atom stereocenters. The second-order valence-electron chi connectivity index (χ2n) is 4.61. The molecule has 0 aliphatic heterocycles. The van der Waals surface area contributed by atoms with Gasteiger partial charge in [0.1, 0.15) is 0 Å². The molecule has 0 radical (unpaired) electrons. The van der Waals surface area contributed by atoms with Crippen LogP contribution in [0.25, 0.3) is 11.0 Å². The van der Waals surface area contributed by atoms with Crippen molar-refractivity contribution in [3.63, 3.8) is 0 Å². The first kappa shape index (κ1) is 15.4. The van der Waals surface area contributed by atoms with Crippen molar-refractivity contribution < 1.29 is 8.42 Å². The van der Waals surface area contributed by atoms with E-state index in [1.54, 1.807) is 24.3 Å². The van der Waals surface area contributed by atoms with Crippen molar-refractivity contribution in [3.05, 3.63) is 45.0 Å². The van der Waals surface area contributed by atoms with Crippen molar-refractivity contribution in [2.75, 3.05) is 20.6 Å². The Kier molecular flexibility index (Phi) is 4.26. The summed E-state index contributed by atoms with van der Waals surface area (Å²) in [5.41, 5.74) is -0.370. The minimum absolute atomic E-state index is 0.00781. The quantitative estimate of drug-likeness (QED) is 0.697. The van der Waals surface area contributed by atoms with E-state index in [9.17, 15) is 18.0 Å². The van der Waals surface area contributed by atoms with E-state index >= 15 is 0 Å². The van der Waals surface area contributed by atoms with Crippen LogP contribution in [-0.4, -0.2) is 42.9 Å². The molecule has 0 saturated carbocycles. The van der Waals surface area contributed by atoms with E-state index in [1.807, 2.05) is 0 Å². The summed E-state index contributed by atoms with van der Waals surface area (Å²) in [6, 6.07) is 6.84. The van der Waals surface area contributed by atoms with Gasteiger partial charge in [-0.2, -0.15) is 12.7 Å². The fourth-order valence-electron chi connectivity index (χ4n) is 1.86. The molecule has 1 heterocycles. The maximum absolute atomic E-state index is 11.9. The molecule has 21 heavy (non-hydrogen) atoms. The number of hydrogen-bond donors (Lipinski definition) is 2. The topological polar surface area (TPSA) is 104 Å². The predicted molar refractivity (Wildman–Crippen MR) is 79.4 cm³/mol. The SMILES string of the molecule is CN(C)S(=O)(=O)NCCn1c(=O)c(=O)[nH]c2ccccc21. The van der Waals surface area contributed by atoms with Crippen LogP contribution in [0.15, 0.2) is 33.9 Å². The fraction of sp³-hybridized carbons (Fsp3) is 0.333. The summed E-state index contributed by atoms with van der Waals surface area (Å²) < 4.78 is 27.8. The maximum Gasteiger partial charge on any atom is 0.316 e. The maximum atomic E-state index is 11.9. The third-order valence-corrected chi connectivity index (χ3v) is 4.51. The first-order chi connectivity index (χ1) is 9.83. The Bertz CT molecular complexity index is 867. The van der Waals surface area contributed by atoms with Gasteiger partial charge in [-0.3, -0.25) is 9.59 Å². The van der Waals surface area contributed by atoms with Gasteiger partial charge in [0.15, 0.2) is 0 Å². The Morgan fingerprint density at radius 2 is 1.90 bits per heavy atom. The van der Waals surface area contributed by atoms with Crippen LogP contribution in [0.3, 0.4) is 0 Å². The number of nitrogens with zero attached hydrogens (tertiary/aromatic N) is 2. The van der Waals surface area contributed by atoms with Gasteiger partial charge in [-0.1, -0.05) is 12.1 Å². The number of H-pyrrole nitrogens is 1. The summed E-state index contributed by atoms with van der Waals surface area (Å²) in [5, 5.41) is 0. The summed E-state index contributed by atoms with van der Waals surface area (Å²) >= 11 is 0. The molecule has 0 saturated heterocycles. The van der Waals surface area contributed by atoms with Gasteiger partial charge >= 0.3 is 11.1 Å². The highest BCUT2D eigenvalue weighted by Gasteiger charge is 2.13. The van der Waals surface area contributed by atoms with Crippen molar-refractivity contribution in [1.82, 2.24) is 18.6 Å². The molecular formula is C12H16N4O4S. The van der Waals surface area contributed by atoms with Crippen LogP contribution >= 0.6 is 0 Å². The number of benzene rings is 1. The van der Waals surface area contributed by atoms with E-state index in [0.29, 0.717) is 11.0 Å². The lowest BCUT2D eigenvalue weighted by Gasteiger charge is -2.13. The second-order valence-corrected chi connectivity index (χ2v) is 6.58. The molecule has 2 N–H and O–H groups in total. The summed E-state index contributed by atoms with van der Waals surface area (Å²) in [7, 11) is -0.763. The first-order valence-electron chi connectivity index (χ1n) is 6.22. The number of fused-ring (bicyclic) bond motifs is 1. The molecule has 114 valence electrons. The van der Waals surface area contributed by atoms with Gasteiger partial charge < -0.3 is 9.55 Å². The van der Waals surface area contributed by atoms with Crippen LogP contribution in [0.1, 0.15) is 0 Å². The van der Waals surface area contributed by atoms with Gasteiger partial charge in [0.2, 0.25) is 0 Å². The lowest BCUT2D eigenvalue weighted by atomic mass is 10.3. The number of para-hydroxylation sites is 2. The van der Waals surface area contributed by atoms with Crippen LogP contribution in [-0.2, 0) is 16.8 Å². The third kappa shape index (κ3) is 3.20. The predicted octanol–water partition coefficient (Wildman–Crippen LogP) is -0.914. The van der Waals surface area contributed by atoms with Crippen molar-refractivity contribution >= 4 is 21.2 Å². The molecule has 0 bridgehead atoms. The van der Waals surface area contributed by atoms with E-state index in [1.165, 1.54) is 18.7 Å². The lowest BCUT2D eigenvalue weighted by Crippen LogP contribution is -2.41. The van der Waals surface area contributed by atoms with Crippen LogP contribution in [0.5, 0.6) is 0 Å². The highest BCUT2D eigenvalue weighted by molar-refractivity contribution is 7.87. The Morgan fingerprint density at radius 1 is 1.24 bits per heavy atom. The van der Waals surface area contributed by atoms with Gasteiger partial charge in [0.25, 0.3) is 10.2 Å². The highest BCUT2D eigenvalue weighted by atomic mass is 32.2. The minimum atomic E-state index is -3.56. The number of hydrogen-bond acceptors (Lipinski definition) is 4. The lowest BCUT2D eigenvalue weighted by molar-refractivity contribution is 0.501. The zero-order valence-electron chi connectivity index (χ0n) is 11.7. The molecule has 1 aromatic heterocycles. The first-order valence-corrected chi connectivity index (χ1v) is 7.66. The number of nitrogens with one attached hydrogen (secondary N) is 2. The molecule has 9 heteroatoms. The summed E-state index contributed by atoms with van der Waals surface area (Å²) in [6.45, 7) is 0.0736. The molecule has 0 fully saturated rings. The molecule has 0 aliphatic carbocycles. The number of rotatable bonds is 5. The molecule has 1 aromatic carbocycles. The van der Waals surface area contributed by atoms with Gasteiger partial charge in [-0.25, -0.2) is 4.72 Å². The second kappa shape index (κ2) is 5.80. The highest BCUT2D eigenvalue weighted by Crippen LogP contribution is 2.06. The molecule has 8 nitrogen and oxygen atoms in total. The summed E-state index contributed by atoms with van der Waals surface area (Å²) in [5.74, 6) is 0. The van der Waals surface area contributed by atoms with Crippen molar-refractivity contribution in [2.45, 2.75) is 6.54 Å². The smallest absolute Gasteiger partial charge is 0.316 e.